The first-order valence-corrected chi connectivity index (χ1v) is 14.1. The van der Waals surface area contributed by atoms with Crippen LogP contribution in [-0.4, -0.2) is 58.9 Å². The number of amides is 2. The molecule has 2 aliphatic heterocycles. The number of halogens is 3. The summed E-state index contributed by atoms with van der Waals surface area (Å²) in [5.74, 6) is -0.828. The van der Waals surface area contributed by atoms with Gasteiger partial charge in [-0.3, -0.25) is 9.59 Å². The number of phenols is 1. The number of piperidine rings is 2. The third-order valence-corrected chi connectivity index (χ3v) is 8.08. The number of nitrogens with zero attached hydrogens (tertiary/aromatic N) is 2. The molecular weight excluding hydrogens is 531 g/mol. The van der Waals surface area contributed by atoms with Crippen molar-refractivity contribution in [3.8, 4) is 16.9 Å². The molecule has 0 atom stereocenters. The molecule has 2 aliphatic rings. The fourth-order valence-corrected chi connectivity index (χ4v) is 5.72. The van der Waals surface area contributed by atoms with Gasteiger partial charge in [0.25, 0.3) is 11.8 Å². The van der Waals surface area contributed by atoms with Gasteiger partial charge in [-0.1, -0.05) is 36.8 Å². The van der Waals surface area contributed by atoms with Crippen molar-refractivity contribution in [2.45, 2.75) is 50.9 Å². The lowest BCUT2D eigenvalue weighted by molar-refractivity contribution is -0.137. The van der Waals surface area contributed by atoms with Crippen LogP contribution in [0.1, 0.15) is 63.9 Å². The number of hydrogen-bond donors (Lipinski definition) is 2. The van der Waals surface area contributed by atoms with Crippen LogP contribution in [0.5, 0.6) is 5.75 Å². The second-order valence-corrected chi connectivity index (χ2v) is 10.8. The lowest BCUT2D eigenvalue weighted by atomic mass is 9.99. The summed E-state index contributed by atoms with van der Waals surface area (Å²) in [6, 6.07) is 16.6. The van der Waals surface area contributed by atoms with Gasteiger partial charge in [-0.2, -0.15) is 13.2 Å². The van der Waals surface area contributed by atoms with E-state index in [1.165, 1.54) is 49.6 Å². The van der Waals surface area contributed by atoms with Gasteiger partial charge in [-0.25, -0.2) is 0 Å². The van der Waals surface area contributed by atoms with E-state index in [-0.39, 0.29) is 29.3 Å². The van der Waals surface area contributed by atoms with E-state index in [1.807, 2.05) is 4.90 Å². The highest BCUT2D eigenvalue weighted by Crippen LogP contribution is 2.33. The third kappa shape index (κ3) is 6.90. The van der Waals surface area contributed by atoms with Gasteiger partial charge in [0.05, 0.1) is 11.1 Å². The number of carbonyl (C=O) groups excluding carboxylic acids is 2. The first-order valence-electron chi connectivity index (χ1n) is 14.1. The highest BCUT2D eigenvalue weighted by molar-refractivity contribution is 5.98. The molecule has 41 heavy (non-hydrogen) atoms. The molecule has 0 saturated carbocycles. The second kappa shape index (κ2) is 12.3. The number of nitrogens with one attached hydrogen (secondary N) is 1. The Morgan fingerprint density at radius 1 is 0.854 bits per heavy atom. The van der Waals surface area contributed by atoms with E-state index < -0.39 is 17.6 Å². The Hall–Kier alpha value is -3.85. The number of phenolic OH excluding ortho intramolecular Hbond substituents is 1. The van der Waals surface area contributed by atoms with Crippen molar-refractivity contribution in [2.24, 2.45) is 0 Å². The average Bonchev–Trinajstić information content (AvgIpc) is 3.00. The minimum atomic E-state index is -4.49. The van der Waals surface area contributed by atoms with Gasteiger partial charge in [-0.05, 0) is 91.9 Å². The molecule has 2 saturated heterocycles. The quantitative estimate of drug-likeness (QED) is 0.379. The molecule has 0 aliphatic carbocycles. The van der Waals surface area contributed by atoms with E-state index in [9.17, 15) is 27.9 Å². The SMILES string of the molecule is O=C(NCc1ccc(C(=O)N2CCC(N3CCCCC3)CC2)cc1)c1cc(-c2cccc(C(F)(F)F)c2)ccc1O. The van der Waals surface area contributed by atoms with Crippen LogP contribution in [0.3, 0.4) is 0 Å². The highest BCUT2D eigenvalue weighted by atomic mass is 19.4. The number of carbonyl (C=O) groups is 2. The van der Waals surface area contributed by atoms with Gasteiger partial charge >= 0.3 is 6.18 Å². The molecule has 2 fully saturated rings. The number of hydrogen-bond acceptors (Lipinski definition) is 4. The third-order valence-electron chi connectivity index (χ3n) is 8.08. The molecule has 0 bridgehead atoms. The molecule has 0 spiro atoms. The van der Waals surface area contributed by atoms with Crippen molar-refractivity contribution in [2.75, 3.05) is 26.2 Å². The van der Waals surface area contributed by atoms with Crippen molar-refractivity contribution in [3.05, 3.63) is 89.0 Å². The molecule has 2 amide bonds. The van der Waals surface area contributed by atoms with E-state index in [0.29, 0.717) is 17.2 Å². The number of likely N-dealkylation sites (tertiary alicyclic amines) is 2. The number of alkyl halides is 3. The van der Waals surface area contributed by atoms with Crippen molar-refractivity contribution in [3.63, 3.8) is 0 Å². The minimum absolute atomic E-state index is 0.00834. The van der Waals surface area contributed by atoms with Crippen molar-refractivity contribution >= 4 is 11.8 Å². The summed E-state index contributed by atoms with van der Waals surface area (Å²) in [4.78, 5) is 30.4. The summed E-state index contributed by atoms with van der Waals surface area (Å²) >= 11 is 0. The van der Waals surface area contributed by atoms with Crippen molar-refractivity contribution in [1.82, 2.24) is 15.1 Å². The fourth-order valence-electron chi connectivity index (χ4n) is 5.72. The second-order valence-electron chi connectivity index (χ2n) is 10.8. The van der Waals surface area contributed by atoms with Crippen molar-refractivity contribution in [1.29, 1.82) is 0 Å². The Balaban J connectivity index is 1.17. The molecular formula is C32H34F3N3O3. The summed E-state index contributed by atoms with van der Waals surface area (Å²) in [5, 5.41) is 13.0. The molecule has 2 N–H and O–H groups in total. The number of aromatic hydroxyl groups is 1. The van der Waals surface area contributed by atoms with Crippen LogP contribution in [0.2, 0.25) is 0 Å². The predicted octanol–water partition coefficient (Wildman–Crippen LogP) is 6.10. The smallest absolute Gasteiger partial charge is 0.416 e. The van der Waals surface area contributed by atoms with Crippen molar-refractivity contribution < 1.29 is 27.9 Å². The van der Waals surface area contributed by atoms with Crippen LogP contribution in [0.15, 0.2) is 66.7 Å². The van der Waals surface area contributed by atoms with Gasteiger partial charge in [0, 0.05) is 31.2 Å². The van der Waals surface area contributed by atoms with Crippen LogP contribution in [0.4, 0.5) is 13.2 Å². The molecule has 216 valence electrons. The molecule has 3 aromatic carbocycles. The largest absolute Gasteiger partial charge is 0.507 e. The predicted molar refractivity (Wildman–Crippen MR) is 151 cm³/mol. The number of rotatable bonds is 6. The fraction of sp³-hybridized carbons (Fsp3) is 0.375. The van der Waals surface area contributed by atoms with Crippen LogP contribution >= 0.6 is 0 Å². The number of benzene rings is 3. The zero-order chi connectivity index (χ0) is 29.0. The van der Waals surface area contributed by atoms with Crippen LogP contribution in [0.25, 0.3) is 11.1 Å². The zero-order valence-electron chi connectivity index (χ0n) is 22.8. The Morgan fingerprint density at radius 3 is 2.22 bits per heavy atom. The van der Waals surface area contributed by atoms with Gasteiger partial charge < -0.3 is 20.2 Å². The molecule has 5 rings (SSSR count). The van der Waals surface area contributed by atoms with Gasteiger partial charge in [-0.15, -0.1) is 0 Å². The summed E-state index contributed by atoms with van der Waals surface area (Å²) < 4.78 is 39.4. The maximum Gasteiger partial charge on any atom is 0.416 e. The summed E-state index contributed by atoms with van der Waals surface area (Å²) in [7, 11) is 0. The van der Waals surface area contributed by atoms with E-state index >= 15 is 0 Å². The van der Waals surface area contributed by atoms with E-state index in [4.69, 9.17) is 0 Å². The Labute approximate surface area is 237 Å². The highest BCUT2D eigenvalue weighted by Gasteiger charge is 2.31. The van der Waals surface area contributed by atoms with E-state index in [2.05, 4.69) is 10.2 Å². The molecule has 3 aromatic rings. The molecule has 0 aromatic heterocycles. The Kier molecular flexibility index (Phi) is 8.63. The molecule has 9 heteroatoms. The Bertz CT molecular complexity index is 1380. The van der Waals surface area contributed by atoms with Gasteiger partial charge in [0.1, 0.15) is 5.75 Å². The lowest BCUT2D eigenvalue weighted by Gasteiger charge is -2.40. The molecule has 0 unspecified atom stereocenters. The summed E-state index contributed by atoms with van der Waals surface area (Å²) in [5.41, 5.74) is 1.19. The monoisotopic (exact) mass is 565 g/mol. The van der Waals surface area contributed by atoms with Gasteiger partial charge in [0.15, 0.2) is 0 Å². The molecule has 0 radical (unpaired) electrons. The Morgan fingerprint density at radius 2 is 1.54 bits per heavy atom. The molecule has 6 nitrogen and oxygen atoms in total. The normalized spacial score (nSPS) is 16.9. The zero-order valence-corrected chi connectivity index (χ0v) is 22.8. The summed E-state index contributed by atoms with van der Waals surface area (Å²) in [6.07, 6.45) is 1.34. The first kappa shape index (κ1) is 28.7. The van der Waals surface area contributed by atoms with E-state index in [1.54, 1.807) is 24.3 Å². The van der Waals surface area contributed by atoms with Crippen LogP contribution < -0.4 is 5.32 Å². The lowest BCUT2D eigenvalue weighted by Crippen LogP contribution is -2.48. The maximum absolute atomic E-state index is 13.1. The van der Waals surface area contributed by atoms with E-state index in [0.717, 1.165) is 56.7 Å². The minimum Gasteiger partial charge on any atom is -0.507 e. The first-order chi connectivity index (χ1) is 19.7. The van der Waals surface area contributed by atoms with Crippen LogP contribution in [0, 0.1) is 0 Å². The standard InChI is InChI=1S/C32H34F3N3O3/c33-32(34,35)26-6-4-5-24(19-26)25-11-12-29(39)28(20-25)30(40)36-21-22-7-9-23(10-8-22)31(41)38-17-13-27(14-18-38)37-15-2-1-3-16-37/h4-12,19-20,27,39H,1-3,13-18,21H2,(H,36,40). The van der Waals surface area contributed by atoms with Gasteiger partial charge in [0.2, 0.25) is 0 Å². The average molecular weight is 566 g/mol. The topological polar surface area (TPSA) is 72.9 Å². The molecule has 2 heterocycles. The van der Waals surface area contributed by atoms with Crippen LogP contribution in [-0.2, 0) is 12.7 Å². The summed E-state index contributed by atoms with van der Waals surface area (Å²) in [6.45, 7) is 3.98. The maximum atomic E-state index is 13.1.